The fourth-order valence-corrected chi connectivity index (χ4v) is 4.44. The van der Waals surface area contributed by atoms with Crippen molar-refractivity contribution in [3.8, 4) is 0 Å². The molecule has 7 nitrogen and oxygen atoms in total. The van der Waals surface area contributed by atoms with Gasteiger partial charge in [-0.3, -0.25) is 14.9 Å². The van der Waals surface area contributed by atoms with Gasteiger partial charge in [-0.1, -0.05) is 0 Å². The Kier molecular flexibility index (Phi) is 4.25. The summed E-state index contributed by atoms with van der Waals surface area (Å²) in [5.74, 6) is -0.461. The number of nitrogens with one attached hydrogen (secondary N) is 1. The summed E-state index contributed by atoms with van der Waals surface area (Å²) in [6.45, 7) is 3.58. The monoisotopic (exact) mass is 336 g/mol. The van der Waals surface area contributed by atoms with Crippen LogP contribution in [-0.2, 0) is 17.6 Å². The van der Waals surface area contributed by atoms with E-state index in [9.17, 15) is 14.4 Å². The fraction of sp³-hybridized carbons (Fsp3) is 0.533. The maximum absolute atomic E-state index is 12.4. The number of carbonyl (C=O) groups excluding carboxylic acids is 3. The van der Waals surface area contributed by atoms with E-state index in [0.717, 1.165) is 29.7 Å². The molecule has 0 spiro atoms. The van der Waals surface area contributed by atoms with Crippen LogP contribution in [-0.4, -0.2) is 53.8 Å². The molecule has 0 aromatic carbocycles. The number of piperazine rings is 1. The Bertz CT molecular complexity index is 662. The van der Waals surface area contributed by atoms with E-state index >= 15 is 0 Å². The van der Waals surface area contributed by atoms with Gasteiger partial charge in [-0.2, -0.15) is 0 Å². The molecule has 1 aliphatic heterocycles. The second-order valence-electron chi connectivity index (χ2n) is 5.85. The molecule has 4 amide bonds. The third-order valence-electron chi connectivity index (χ3n) is 4.40. The summed E-state index contributed by atoms with van der Waals surface area (Å²) < 4.78 is 0. The lowest BCUT2D eigenvalue weighted by atomic mass is 10.1. The molecule has 3 N–H and O–H groups in total. The molecule has 8 heteroatoms. The standard InChI is InChI=1S/C15H20N4O3S/c1-9(20)18-5-7-19(8-6-18)15(22)17-14-12(13(16)21)10-3-2-4-11(10)23-14/h2-8H2,1H3,(H2,16,21)(H,17,22). The minimum absolute atomic E-state index is 0.0238. The van der Waals surface area contributed by atoms with Crippen LogP contribution in [0, 0.1) is 0 Å². The van der Waals surface area contributed by atoms with Gasteiger partial charge in [-0.25, -0.2) is 4.79 Å². The highest BCUT2D eigenvalue weighted by Crippen LogP contribution is 2.38. The number of carbonyl (C=O) groups is 3. The van der Waals surface area contributed by atoms with E-state index in [2.05, 4.69) is 5.32 Å². The molecular weight excluding hydrogens is 316 g/mol. The summed E-state index contributed by atoms with van der Waals surface area (Å²) in [6.07, 6.45) is 2.81. The minimum Gasteiger partial charge on any atom is -0.365 e. The van der Waals surface area contributed by atoms with Crippen molar-refractivity contribution in [3.05, 3.63) is 16.0 Å². The molecule has 1 fully saturated rings. The van der Waals surface area contributed by atoms with E-state index in [1.165, 1.54) is 18.3 Å². The van der Waals surface area contributed by atoms with Crippen LogP contribution in [0.5, 0.6) is 0 Å². The molecule has 0 saturated carbocycles. The average molecular weight is 336 g/mol. The first-order valence-electron chi connectivity index (χ1n) is 7.73. The largest absolute Gasteiger partial charge is 0.365 e. The van der Waals surface area contributed by atoms with Crippen LogP contribution in [0.1, 0.15) is 34.1 Å². The second kappa shape index (κ2) is 6.19. The Balaban J connectivity index is 1.70. The van der Waals surface area contributed by atoms with Crippen molar-refractivity contribution in [2.24, 2.45) is 5.73 Å². The molecule has 1 aliphatic carbocycles. The van der Waals surface area contributed by atoms with Gasteiger partial charge in [0.05, 0.1) is 5.56 Å². The summed E-state index contributed by atoms with van der Waals surface area (Å²) in [5.41, 5.74) is 6.97. The van der Waals surface area contributed by atoms with Gasteiger partial charge in [-0.15, -0.1) is 11.3 Å². The maximum atomic E-state index is 12.4. The van der Waals surface area contributed by atoms with Gasteiger partial charge >= 0.3 is 6.03 Å². The summed E-state index contributed by atoms with van der Waals surface area (Å²) in [7, 11) is 0. The van der Waals surface area contributed by atoms with Crippen molar-refractivity contribution in [1.82, 2.24) is 9.80 Å². The summed E-state index contributed by atoms with van der Waals surface area (Å²) in [6, 6.07) is -0.240. The molecule has 1 aromatic heterocycles. The van der Waals surface area contributed by atoms with Crippen LogP contribution in [0.15, 0.2) is 0 Å². The first-order valence-corrected chi connectivity index (χ1v) is 8.55. The molecular formula is C15H20N4O3S. The predicted octanol–water partition coefficient (Wildman–Crippen LogP) is 1.03. The van der Waals surface area contributed by atoms with Crippen molar-refractivity contribution in [2.45, 2.75) is 26.2 Å². The quantitative estimate of drug-likeness (QED) is 0.844. The number of anilines is 1. The van der Waals surface area contributed by atoms with Crippen molar-refractivity contribution < 1.29 is 14.4 Å². The van der Waals surface area contributed by atoms with Crippen molar-refractivity contribution in [2.75, 3.05) is 31.5 Å². The number of aryl methyl sites for hydroxylation is 1. The number of hydrogen-bond donors (Lipinski definition) is 2. The SMILES string of the molecule is CC(=O)N1CCN(C(=O)Nc2sc3c(c2C(N)=O)CCC3)CC1. The Hall–Kier alpha value is -2.09. The maximum Gasteiger partial charge on any atom is 0.322 e. The lowest BCUT2D eigenvalue weighted by Gasteiger charge is -2.34. The minimum atomic E-state index is -0.485. The first kappa shape index (κ1) is 15.8. The molecule has 3 rings (SSSR count). The molecule has 23 heavy (non-hydrogen) atoms. The predicted molar refractivity (Wildman–Crippen MR) is 87.7 cm³/mol. The van der Waals surface area contributed by atoms with Gasteiger partial charge in [0.15, 0.2) is 0 Å². The van der Waals surface area contributed by atoms with Crippen LogP contribution in [0.25, 0.3) is 0 Å². The van der Waals surface area contributed by atoms with Gasteiger partial charge in [0, 0.05) is 38.0 Å². The van der Waals surface area contributed by atoms with Gasteiger partial charge in [-0.05, 0) is 24.8 Å². The topological polar surface area (TPSA) is 95.7 Å². The number of amides is 4. The highest BCUT2D eigenvalue weighted by molar-refractivity contribution is 7.17. The smallest absolute Gasteiger partial charge is 0.322 e. The van der Waals surface area contributed by atoms with Crippen LogP contribution < -0.4 is 11.1 Å². The Labute approximate surface area is 138 Å². The lowest BCUT2D eigenvalue weighted by Crippen LogP contribution is -2.51. The molecule has 0 atom stereocenters. The third kappa shape index (κ3) is 3.03. The zero-order valence-corrected chi connectivity index (χ0v) is 13.9. The Morgan fingerprint density at radius 3 is 2.35 bits per heavy atom. The molecule has 1 saturated heterocycles. The van der Waals surface area contributed by atoms with Crippen molar-refractivity contribution in [3.63, 3.8) is 0 Å². The van der Waals surface area contributed by atoms with E-state index in [0.29, 0.717) is 36.7 Å². The zero-order chi connectivity index (χ0) is 16.6. The summed E-state index contributed by atoms with van der Waals surface area (Å²) >= 11 is 1.45. The Morgan fingerprint density at radius 2 is 1.74 bits per heavy atom. The number of nitrogens with two attached hydrogens (primary N) is 1. The number of thiophene rings is 1. The number of fused-ring (bicyclic) bond motifs is 1. The molecule has 2 aliphatic rings. The summed E-state index contributed by atoms with van der Waals surface area (Å²) in [4.78, 5) is 40.0. The normalized spacial score (nSPS) is 17.1. The van der Waals surface area contributed by atoms with E-state index in [4.69, 9.17) is 5.73 Å². The third-order valence-corrected chi connectivity index (χ3v) is 5.61. The van der Waals surface area contributed by atoms with E-state index in [1.807, 2.05) is 0 Å². The van der Waals surface area contributed by atoms with Gasteiger partial charge < -0.3 is 15.5 Å². The van der Waals surface area contributed by atoms with Gasteiger partial charge in [0.25, 0.3) is 5.91 Å². The molecule has 124 valence electrons. The van der Waals surface area contributed by atoms with Crippen LogP contribution >= 0.6 is 11.3 Å². The lowest BCUT2D eigenvalue weighted by molar-refractivity contribution is -0.130. The highest BCUT2D eigenvalue weighted by atomic mass is 32.1. The van der Waals surface area contributed by atoms with E-state index < -0.39 is 5.91 Å². The number of primary amides is 1. The van der Waals surface area contributed by atoms with Crippen LogP contribution in [0.3, 0.4) is 0 Å². The van der Waals surface area contributed by atoms with Crippen LogP contribution in [0.2, 0.25) is 0 Å². The molecule has 0 unspecified atom stereocenters. The number of hydrogen-bond acceptors (Lipinski definition) is 4. The van der Waals surface area contributed by atoms with E-state index in [1.54, 1.807) is 9.80 Å². The second-order valence-corrected chi connectivity index (χ2v) is 6.95. The summed E-state index contributed by atoms with van der Waals surface area (Å²) in [5, 5.41) is 3.39. The van der Waals surface area contributed by atoms with Gasteiger partial charge in [0.2, 0.25) is 5.91 Å². The number of nitrogens with zero attached hydrogens (tertiary/aromatic N) is 2. The van der Waals surface area contributed by atoms with Crippen molar-refractivity contribution in [1.29, 1.82) is 0 Å². The number of rotatable bonds is 2. The van der Waals surface area contributed by atoms with Gasteiger partial charge in [0.1, 0.15) is 5.00 Å². The zero-order valence-electron chi connectivity index (χ0n) is 13.1. The molecule has 0 radical (unpaired) electrons. The van der Waals surface area contributed by atoms with E-state index in [-0.39, 0.29) is 11.9 Å². The fourth-order valence-electron chi connectivity index (χ4n) is 3.15. The Morgan fingerprint density at radius 1 is 1.09 bits per heavy atom. The molecule has 1 aromatic rings. The molecule has 2 heterocycles. The molecule has 0 bridgehead atoms. The highest BCUT2D eigenvalue weighted by Gasteiger charge is 2.28. The number of urea groups is 1. The van der Waals surface area contributed by atoms with Crippen LogP contribution in [0.4, 0.5) is 9.80 Å². The van der Waals surface area contributed by atoms with Crippen molar-refractivity contribution >= 4 is 34.2 Å². The first-order chi connectivity index (χ1) is 11.0. The average Bonchev–Trinajstić information content (AvgIpc) is 3.07.